The van der Waals surface area contributed by atoms with E-state index < -0.39 is 0 Å². The quantitative estimate of drug-likeness (QED) is 0.874. The van der Waals surface area contributed by atoms with Gasteiger partial charge in [-0.1, -0.05) is 30.3 Å². The molecule has 1 amide bonds. The second-order valence-corrected chi connectivity index (χ2v) is 5.93. The highest BCUT2D eigenvalue weighted by atomic mass is 32.2. The fraction of sp³-hybridized carbons (Fsp3) is 0.278. The van der Waals surface area contributed by atoms with Crippen LogP contribution in [0.15, 0.2) is 48.5 Å². The van der Waals surface area contributed by atoms with Crippen molar-refractivity contribution in [2.75, 3.05) is 13.4 Å². The predicted molar refractivity (Wildman–Crippen MR) is 92.5 cm³/mol. The minimum Gasteiger partial charge on any atom is -0.496 e. The summed E-state index contributed by atoms with van der Waals surface area (Å²) < 4.78 is 5.34. The second-order valence-electron chi connectivity index (χ2n) is 5.07. The van der Waals surface area contributed by atoms with E-state index in [-0.39, 0.29) is 11.9 Å². The number of ether oxygens (including phenoxy) is 1. The third-order valence-electron chi connectivity index (χ3n) is 3.48. The lowest BCUT2D eigenvalue weighted by Gasteiger charge is -2.17. The number of amides is 1. The molecule has 0 spiro atoms. The number of carbonyl (C=O) groups is 1. The monoisotopic (exact) mass is 315 g/mol. The third-order valence-corrected chi connectivity index (χ3v) is 4.10. The molecule has 0 aliphatic carbocycles. The van der Waals surface area contributed by atoms with Crippen LogP contribution in [0.4, 0.5) is 0 Å². The van der Waals surface area contributed by atoms with Gasteiger partial charge in [0, 0.05) is 16.9 Å². The lowest BCUT2D eigenvalue weighted by molar-refractivity contribution is 0.0939. The standard InChI is InChI=1S/C18H21NO2S/c1-13(16-6-4-5-7-17(16)21-2)19-18(20)15-10-8-14(9-11-15)12-22-3/h4-11,13H,12H2,1-3H3,(H,19,20). The Morgan fingerprint density at radius 2 is 1.86 bits per heavy atom. The van der Waals surface area contributed by atoms with Gasteiger partial charge in [0.05, 0.1) is 13.2 Å². The Balaban J connectivity index is 2.07. The first kappa shape index (κ1) is 16.4. The molecule has 4 heteroatoms. The summed E-state index contributed by atoms with van der Waals surface area (Å²) in [5, 5.41) is 3.01. The van der Waals surface area contributed by atoms with Crippen LogP contribution in [0.2, 0.25) is 0 Å². The van der Waals surface area contributed by atoms with Crippen molar-refractivity contribution in [1.29, 1.82) is 0 Å². The van der Waals surface area contributed by atoms with E-state index >= 15 is 0 Å². The molecule has 0 fully saturated rings. The number of para-hydroxylation sites is 1. The van der Waals surface area contributed by atoms with Crippen LogP contribution in [0.1, 0.15) is 34.5 Å². The van der Waals surface area contributed by atoms with Gasteiger partial charge in [-0.05, 0) is 36.9 Å². The summed E-state index contributed by atoms with van der Waals surface area (Å²) in [7, 11) is 1.64. The predicted octanol–water partition coefficient (Wildman–Crippen LogP) is 4.05. The van der Waals surface area contributed by atoms with Crippen molar-refractivity contribution < 1.29 is 9.53 Å². The van der Waals surface area contributed by atoms with Gasteiger partial charge in [-0.2, -0.15) is 11.8 Å². The Kier molecular flexibility index (Phi) is 5.90. The van der Waals surface area contributed by atoms with E-state index in [4.69, 9.17) is 4.74 Å². The molecule has 0 aromatic heterocycles. The number of methoxy groups -OCH3 is 1. The Morgan fingerprint density at radius 3 is 2.50 bits per heavy atom. The first-order valence-electron chi connectivity index (χ1n) is 7.17. The molecule has 0 saturated carbocycles. The molecule has 0 heterocycles. The zero-order valence-electron chi connectivity index (χ0n) is 13.1. The summed E-state index contributed by atoms with van der Waals surface area (Å²) in [5.41, 5.74) is 2.87. The largest absolute Gasteiger partial charge is 0.496 e. The number of rotatable bonds is 6. The maximum absolute atomic E-state index is 12.3. The summed E-state index contributed by atoms with van der Waals surface area (Å²) in [6.45, 7) is 1.96. The van der Waals surface area contributed by atoms with E-state index in [2.05, 4.69) is 11.6 Å². The van der Waals surface area contributed by atoms with E-state index in [0.29, 0.717) is 5.56 Å². The molecule has 116 valence electrons. The van der Waals surface area contributed by atoms with Crippen molar-refractivity contribution in [3.05, 3.63) is 65.2 Å². The van der Waals surface area contributed by atoms with E-state index in [1.54, 1.807) is 18.9 Å². The normalized spacial score (nSPS) is 11.8. The van der Waals surface area contributed by atoms with Gasteiger partial charge >= 0.3 is 0 Å². The maximum Gasteiger partial charge on any atom is 0.251 e. The SMILES string of the molecule is COc1ccccc1C(C)NC(=O)c1ccc(CSC)cc1. The summed E-state index contributed by atoms with van der Waals surface area (Å²) in [4.78, 5) is 12.3. The highest BCUT2D eigenvalue weighted by molar-refractivity contribution is 7.97. The lowest BCUT2D eigenvalue weighted by atomic mass is 10.1. The molecule has 0 radical (unpaired) electrons. The van der Waals surface area contributed by atoms with Crippen molar-refractivity contribution in [2.45, 2.75) is 18.7 Å². The number of carbonyl (C=O) groups excluding carboxylic acids is 1. The van der Waals surface area contributed by atoms with Crippen molar-refractivity contribution in [1.82, 2.24) is 5.32 Å². The number of thioether (sulfide) groups is 1. The molecule has 22 heavy (non-hydrogen) atoms. The molecule has 3 nitrogen and oxygen atoms in total. The molecule has 1 atom stereocenters. The highest BCUT2D eigenvalue weighted by Crippen LogP contribution is 2.24. The maximum atomic E-state index is 12.3. The Bertz CT molecular complexity index is 625. The van der Waals surface area contributed by atoms with E-state index in [0.717, 1.165) is 17.1 Å². The molecule has 2 rings (SSSR count). The van der Waals surface area contributed by atoms with Gasteiger partial charge in [0.1, 0.15) is 5.75 Å². The van der Waals surface area contributed by atoms with Crippen molar-refractivity contribution in [3.63, 3.8) is 0 Å². The van der Waals surface area contributed by atoms with Gasteiger partial charge in [0.2, 0.25) is 0 Å². The molecular formula is C18H21NO2S. The fourth-order valence-electron chi connectivity index (χ4n) is 2.30. The zero-order chi connectivity index (χ0) is 15.9. The number of nitrogens with one attached hydrogen (secondary N) is 1. The molecule has 2 aromatic rings. The molecule has 2 aromatic carbocycles. The summed E-state index contributed by atoms with van der Waals surface area (Å²) in [5.74, 6) is 1.67. The first-order chi connectivity index (χ1) is 10.7. The number of hydrogen-bond acceptors (Lipinski definition) is 3. The van der Waals surface area contributed by atoms with Gasteiger partial charge in [-0.3, -0.25) is 4.79 Å². The van der Waals surface area contributed by atoms with Crippen LogP contribution >= 0.6 is 11.8 Å². The van der Waals surface area contributed by atoms with Gasteiger partial charge in [0.25, 0.3) is 5.91 Å². The van der Waals surface area contributed by atoms with Crippen molar-refractivity contribution >= 4 is 17.7 Å². The van der Waals surface area contributed by atoms with E-state index in [1.165, 1.54) is 5.56 Å². The molecule has 1 unspecified atom stereocenters. The minimum absolute atomic E-state index is 0.0749. The topological polar surface area (TPSA) is 38.3 Å². The lowest BCUT2D eigenvalue weighted by Crippen LogP contribution is -2.26. The van der Waals surface area contributed by atoms with E-state index in [1.807, 2.05) is 55.5 Å². The summed E-state index contributed by atoms with van der Waals surface area (Å²) in [6, 6.07) is 15.3. The molecule has 0 aliphatic heterocycles. The van der Waals surface area contributed by atoms with Crippen molar-refractivity contribution in [3.8, 4) is 5.75 Å². The fourth-order valence-corrected chi connectivity index (χ4v) is 2.83. The second kappa shape index (κ2) is 7.90. The molecular weight excluding hydrogens is 294 g/mol. The van der Waals surface area contributed by atoms with Gasteiger partial charge in [0.15, 0.2) is 0 Å². The zero-order valence-corrected chi connectivity index (χ0v) is 13.9. The van der Waals surface area contributed by atoms with E-state index in [9.17, 15) is 4.79 Å². The van der Waals surface area contributed by atoms with Crippen LogP contribution in [0, 0.1) is 0 Å². The van der Waals surface area contributed by atoms with Crippen LogP contribution in [-0.2, 0) is 5.75 Å². The molecule has 0 bridgehead atoms. The van der Waals surface area contributed by atoms with Gasteiger partial charge in [-0.15, -0.1) is 0 Å². The number of benzene rings is 2. The van der Waals surface area contributed by atoms with Crippen LogP contribution in [0.25, 0.3) is 0 Å². The summed E-state index contributed by atoms with van der Waals surface area (Å²) >= 11 is 1.77. The van der Waals surface area contributed by atoms with Gasteiger partial charge < -0.3 is 10.1 Å². The number of hydrogen-bond donors (Lipinski definition) is 1. The molecule has 0 saturated heterocycles. The average Bonchev–Trinajstić information content (AvgIpc) is 2.55. The van der Waals surface area contributed by atoms with Crippen molar-refractivity contribution in [2.24, 2.45) is 0 Å². The van der Waals surface area contributed by atoms with Crippen LogP contribution in [0.5, 0.6) is 5.75 Å². The highest BCUT2D eigenvalue weighted by Gasteiger charge is 2.14. The first-order valence-corrected chi connectivity index (χ1v) is 8.56. The third kappa shape index (κ3) is 4.04. The van der Waals surface area contributed by atoms with Crippen LogP contribution in [0.3, 0.4) is 0 Å². The van der Waals surface area contributed by atoms with Crippen LogP contribution < -0.4 is 10.1 Å². The Morgan fingerprint density at radius 1 is 1.18 bits per heavy atom. The van der Waals surface area contributed by atoms with Crippen LogP contribution in [-0.4, -0.2) is 19.3 Å². The average molecular weight is 315 g/mol. The molecule has 0 aliphatic rings. The minimum atomic E-state index is -0.116. The Labute approximate surface area is 136 Å². The van der Waals surface area contributed by atoms with Gasteiger partial charge in [-0.25, -0.2) is 0 Å². The molecule has 1 N–H and O–H groups in total. The Hall–Kier alpha value is -1.94. The summed E-state index contributed by atoms with van der Waals surface area (Å²) in [6.07, 6.45) is 2.07. The smallest absolute Gasteiger partial charge is 0.251 e.